The van der Waals surface area contributed by atoms with Gasteiger partial charge in [0.05, 0.1) is 0 Å². The Morgan fingerprint density at radius 1 is 1.30 bits per heavy atom. The van der Waals surface area contributed by atoms with Crippen LogP contribution in [0.25, 0.3) is 0 Å². The quantitative estimate of drug-likeness (QED) is 0.777. The minimum atomic E-state index is 0.244. The predicted molar refractivity (Wildman–Crippen MR) is 82.7 cm³/mol. The fraction of sp³-hybridized carbons (Fsp3) is 0.938. The minimum absolute atomic E-state index is 0.244. The molecule has 0 aliphatic carbocycles. The third kappa shape index (κ3) is 5.80. The van der Waals surface area contributed by atoms with E-state index in [1.165, 1.54) is 38.8 Å². The average molecular weight is 281 g/mol. The maximum Gasteiger partial charge on any atom is 0.220 e. The molecule has 2 aliphatic rings. The van der Waals surface area contributed by atoms with E-state index in [1.54, 1.807) is 0 Å². The Hall–Kier alpha value is -0.610. The summed E-state index contributed by atoms with van der Waals surface area (Å²) in [6.07, 6.45) is 6.91. The molecule has 2 rings (SSSR count). The standard InChI is InChI=1S/C16H31N3O/c1-14-3-2-11-19(13-14)12-10-18-16(20)5-4-15-6-8-17-9-7-15/h14-15,17H,2-13H2,1H3,(H,18,20). The minimum Gasteiger partial charge on any atom is -0.355 e. The van der Waals surface area contributed by atoms with Gasteiger partial charge in [0.25, 0.3) is 0 Å². The molecule has 0 bridgehead atoms. The van der Waals surface area contributed by atoms with Crippen LogP contribution in [0, 0.1) is 11.8 Å². The van der Waals surface area contributed by atoms with E-state index in [9.17, 15) is 4.79 Å². The van der Waals surface area contributed by atoms with Gasteiger partial charge in [0.1, 0.15) is 0 Å². The first kappa shape index (κ1) is 15.8. The third-order valence-electron chi connectivity index (χ3n) is 4.73. The number of carbonyl (C=O) groups is 1. The molecule has 0 radical (unpaired) electrons. The lowest BCUT2D eigenvalue weighted by molar-refractivity contribution is -0.121. The number of piperidine rings is 2. The van der Waals surface area contributed by atoms with E-state index in [2.05, 4.69) is 22.5 Å². The molecule has 4 heteroatoms. The van der Waals surface area contributed by atoms with Gasteiger partial charge in [-0.05, 0) is 63.6 Å². The van der Waals surface area contributed by atoms with Gasteiger partial charge in [0.2, 0.25) is 5.91 Å². The van der Waals surface area contributed by atoms with Gasteiger partial charge in [-0.15, -0.1) is 0 Å². The maximum absolute atomic E-state index is 11.8. The molecule has 1 atom stereocenters. The monoisotopic (exact) mass is 281 g/mol. The maximum atomic E-state index is 11.8. The highest BCUT2D eigenvalue weighted by Crippen LogP contribution is 2.17. The molecule has 2 heterocycles. The zero-order valence-corrected chi connectivity index (χ0v) is 13.0. The molecule has 2 N–H and O–H groups in total. The second kappa shape index (κ2) is 8.63. The fourth-order valence-electron chi connectivity index (χ4n) is 3.44. The molecule has 20 heavy (non-hydrogen) atoms. The molecule has 116 valence electrons. The van der Waals surface area contributed by atoms with Crippen LogP contribution in [0.1, 0.15) is 45.4 Å². The largest absolute Gasteiger partial charge is 0.355 e. The molecule has 1 unspecified atom stereocenters. The van der Waals surface area contributed by atoms with Gasteiger partial charge >= 0.3 is 0 Å². The van der Waals surface area contributed by atoms with Gasteiger partial charge in [-0.2, -0.15) is 0 Å². The van der Waals surface area contributed by atoms with Gasteiger partial charge in [0, 0.05) is 26.1 Å². The molecule has 2 saturated heterocycles. The van der Waals surface area contributed by atoms with Crippen molar-refractivity contribution in [3.63, 3.8) is 0 Å². The molecular weight excluding hydrogens is 250 g/mol. The van der Waals surface area contributed by atoms with Crippen molar-refractivity contribution in [2.75, 3.05) is 39.3 Å². The third-order valence-corrected chi connectivity index (χ3v) is 4.73. The Labute approximate surface area is 123 Å². The summed E-state index contributed by atoms with van der Waals surface area (Å²) >= 11 is 0. The summed E-state index contributed by atoms with van der Waals surface area (Å²) in [5.41, 5.74) is 0. The van der Waals surface area contributed by atoms with Gasteiger partial charge in [-0.3, -0.25) is 4.79 Å². The Kier molecular flexibility index (Phi) is 6.80. The van der Waals surface area contributed by atoms with E-state index in [0.29, 0.717) is 6.42 Å². The van der Waals surface area contributed by atoms with E-state index in [4.69, 9.17) is 0 Å². The number of amides is 1. The van der Waals surface area contributed by atoms with Gasteiger partial charge in [-0.25, -0.2) is 0 Å². The van der Waals surface area contributed by atoms with Crippen molar-refractivity contribution in [2.24, 2.45) is 11.8 Å². The van der Waals surface area contributed by atoms with Crippen LogP contribution in [0.2, 0.25) is 0 Å². The highest BCUT2D eigenvalue weighted by molar-refractivity contribution is 5.75. The summed E-state index contributed by atoms with van der Waals surface area (Å²) < 4.78 is 0. The lowest BCUT2D eigenvalue weighted by Gasteiger charge is -2.30. The van der Waals surface area contributed by atoms with Crippen LogP contribution in [0.3, 0.4) is 0 Å². The van der Waals surface area contributed by atoms with Crippen LogP contribution < -0.4 is 10.6 Å². The summed E-state index contributed by atoms with van der Waals surface area (Å²) in [5, 5.41) is 6.46. The van der Waals surface area contributed by atoms with Gasteiger partial charge in [-0.1, -0.05) is 6.92 Å². The summed E-state index contributed by atoms with van der Waals surface area (Å²) in [6, 6.07) is 0. The Morgan fingerprint density at radius 2 is 2.10 bits per heavy atom. The zero-order chi connectivity index (χ0) is 14.2. The Morgan fingerprint density at radius 3 is 2.85 bits per heavy atom. The van der Waals surface area contributed by atoms with E-state index in [-0.39, 0.29) is 5.91 Å². The molecule has 2 aliphatic heterocycles. The Bertz CT molecular complexity index is 289. The second-order valence-electron chi connectivity index (χ2n) is 6.63. The van der Waals surface area contributed by atoms with Crippen molar-refractivity contribution < 1.29 is 4.79 Å². The summed E-state index contributed by atoms with van der Waals surface area (Å²) in [5.74, 6) is 1.82. The first-order valence-electron chi connectivity index (χ1n) is 8.44. The molecule has 0 aromatic rings. The SMILES string of the molecule is CC1CCCN(CCNC(=O)CCC2CCNCC2)C1. The van der Waals surface area contributed by atoms with E-state index in [1.807, 2.05) is 0 Å². The van der Waals surface area contributed by atoms with Crippen molar-refractivity contribution in [1.29, 1.82) is 0 Å². The van der Waals surface area contributed by atoms with Crippen molar-refractivity contribution in [1.82, 2.24) is 15.5 Å². The van der Waals surface area contributed by atoms with Crippen LogP contribution in [0.5, 0.6) is 0 Å². The molecule has 4 nitrogen and oxygen atoms in total. The number of hydrogen-bond acceptors (Lipinski definition) is 3. The summed E-state index contributed by atoms with van der Waals surface area (Å²) in [7, 11) is 0. The highest BCUT2D eigenvalue weighted by Gasteiger charge is 2.16. The van der Waals surface area contributed by atoms with E-state index in [0.717, 1.165) is 44.4 Å². The number of hydrogen-bond donors (Lipinski definition) is 2. The van der Waals surface area contributed by atoms with Crippen LogP contribution in [0.15, 0.2) is 0 Å². The van der Waals surface area contributed by atoms with Crippen LogP contribution >= 0.6 is 0 Å². The zero-order valence-electron chi connectivity index (χ0n) is 13.0. The molecule has 1 amide bonds. The predicted octanol–water partition coefficient (Wildman–Crippen LogP) is 1.61. The van der Waals surface area contributed by atoms with Gasteiger partial charge < -0.3 is 15.5 Å². The topological polar surface area (TPSA) is 44.4 Å². The highest BCUT2D eigenvalue weighted by atomic mass is 16.1. The normalized spacial score (nSPS) is 25.6. The molecule has 0 spiro atoms. The fourth-order valence-corrected chi connectivity index (χ4v) is 3.44. The van der Waals surface area contributed by atoms with Crippen molar-refractivity contribution in [3.8, 4) is 0 Å². The number of rotatable bonds is 6. The van der Waals surface area contributed by atoms with Gasteiger partial charge in [0.15, 0.2) is 0 Å². The first-order valence-corrected chi connectivity index (χ1v) is 8.44. The lowest BCUT2D eigenvalue weighted by Crippen LogP contribution is -2.40. The number of nitrogens with zero attached hydrogens (tertiary/aromatic N) is 1. The smallest absolute Gasteiger partial charge is 0.220 e. The van der Waals surface area contributed by atoms with Crippen LogP contribution in [-0.2, 0) is 4.79 Å². The Balaban J connectivity index is 1.51. The molecule has 0 saturated carbocycles. The van der Waals surface area contributed by atoms with Crippen molar-refractivity contribution in [3.05, 3.63) is 0 Å². The first-order chi connectivity index (χ1) is 9.74. The summed E-state index contributed by atoms with van der Waals surface area (Å²) in [4.78, 5) is 14.3. The van der Waals surface area contributed by atoms with Crippen LogP contribution in [-0.4, -0.2) is 50.1 Å². The van der Waals surface area contributed by atoms with E-state index < -0.39 is 0 Å². The van der Waals surface area contributed by atoms with Crippen molar-refractivity contribution in [2.45, 2.75) is 45.4 Å². The molecule has 0 aromatic carbocycles. The van der Waals surface area contributed by atoms with E-state index >= 15 is 0 Å². The van der Waals surface area contributed by atoms with Crippen LogP contribution in [0.4, 0.5) is 0 Å². The van der Waals surface area contributed by atoms with Crippen molar-refractivity contribution >= 4 is 5.91 Å². The molecule has 2 fully saturated rings. The lowest BCUT2D eigenvalue weighted by atomic mass is 9.93. The molecular formula is C16H31N3O. The molecule has 0 aromatic heterocycles. The number of carbonyl (C=O) groups excluding carboxylic acids is 1. The number of nitrogens with one attached hydrogen (secondary N) is 2. The summed E-state index contributed by atoms with van der Waals surface area (Å²) in [6.45, 7) is 8.81. The average Bonchev–Trinajstić information content (AvgIpc) is 2.46. The number of likely N-dealkylation sites (tertiary alicyclic amines) is 1. The second-order valence-corrected chi connectivity index (χ2v) is 6.63.